The third-order valence-electron chi connectivity index (χ3n) is 6.36. The molecule has 2 heterocycles. The lowest BCUT2D eigenvalue weighted by Crippen LogP contribution is -2.27. The Labute approximate surface area is 202 Å². The van der Waals surface area contributed by atoms with Crippen molar-refractivity contribution in [2.45, 2.75) is 52.2 Å². The Morgan fingerprint density at radius 3 is 2.65 bits per heavy atom. The molecule has 0 atom stereocenters. The minimum atomic E-state index is -0.304. The lowest BCUT2D eigenvalue weighted by molar-refractivity contribution is 0.158. The Kier molecular flexibility index (Phi) is 6.19. The van der Waals surface area contributed by atoms with E-state index in [9.17, 15) is 0 Å². The van der Waals surface area contributed by atoms with Crippen LogP contribution in [0.5, 0.6) is 17.2 Å². The smallest absolute Gasteiger partial charge is 0.137 e. The van der Waals surface area contributed by atoms with Crippen LogP contribution in [0.3, 0.4) is 0 Å². The average molecular weight is 453 g/mol. The highest BCUT2D eigenvalue weighted by Crippen LogP contribution is 2.43. The van der Waals surface area contributed by atoms with E-state index >= 15 is 0 Å². The first-order chi connectivity index (χ1) is 16.5. The fraction of sp³-hybridized carbons (Fsp3) is 0.290. The minimum absolute atomic E-state index is 0.304. The van der Waals surface area contributed by atoms with Crippen LogP contribution >= 0.6 is 0 Å². The van der Waals surface area contributed by atoms with Crippen molar-refractivity contribution in [1.29, 1.82) is 0 Å². The molecule has 2 aliphatic heterocycles. The van der Waals surface area contributed by atoms with E-state index in [4.69, 9.17) is 14.2 Å². The van der Waals surface area contributed by atoms with Crippen molar-refractivity contribution in [2.75, 3.05) is 6.61 Å². The SMILES string of the molecule is CCCCc1ccc(C2=Cc3ccc4c(c3OC2)C=CC(C)(C)O4)c(OCc2ccccc2)c1. The van der Waals surface area contributed by atoms with E-state index in [1.807, 2.05) is 24.3 Å². The standard InChI is InChI=1S/C31H32O3/c1-4-5-9-22-12-14-26(29(18-22)32-20-23-10-7-6-8-11-23)25-19-24-13-15-28-27(30(24)33-21-25)16-17-31(2,3)34-28/h6-8,10-19H,4-5,9,20-21H2,1-3H3. The van der Waals surface area contributed by atoms with Crippen LogP contribution in [0.2, 0.25) is 0 Å². The molecule has 0 radical (unpaired) electrons. The van der Waals surface area contributed by atoms with Crippen LogP contribution in [0.1, 0.15) is 61.4 Å². The van der Waals surface area contributed by atoms with Gasteiger partial charge in [0.1, 0.15) is 36.1 Å². The Balaban J connectivity index is 1.47. The largest absolute Gasteiger partial charge is 0.488 e. The van der Waals surface area contributed by atoms with Gasteiger partial charge in [-0.25, -0.2) is 0 Å². The fourth-order valence-corrected chi connectivity index (χ4v) is 4.48. The van der Waals surface area contributed by atoms with Gasteiger partial charge in [0.2, 0.25) is 0 Å². The Bertz CT molecular complexity index is 1240. The number of aryl methyl sites for hydroxylation is 1. The van der Waals surface area contributed by atoms with Gasteiger partial charge in [-0.05, 0) is 74.2 Å². The van der Waals surface area contributed by atoms with E-state index in [0.29, 0.717) is 13.2 Å². The first kappa shape index (κ1) is 22.3. The molecule has 3 aromatic rings. The van der Waals surface area contributed by atoms with E-state index in [0.717, 1.165) is 51.5 Å². The van der Waals surface area contributed by atoms with Gasteiger partial charge in [0, 0.05) is 16.7 Å². The summed E-state index contributed by atoms with van der Waals surface area (Å²) in [5.74, 6) is 2.67. The molecule has 3 aromatic carbocycles. The van der Waals surface area contributed by atoms with Crippen LogP contribution < -0.4 is 14.2 Å². The van der Waals surface area contributed by atoms with Crippen LogP contribution in [0.4, 0.5) is 0 Å². The molecule has 2 aliphatic rings. The predicted molar refractivity (Wildman–Crippen MR) is 139 cm³/mol. The zero-order valence-corrected chi connectivity index (χ0v) is 20.3. The van der Waals surface area contributed by atoms with Crippen molar-refractivity contribution in [3.8, 4) is 17.2 Å². The van der Waals surface area contributed by atoms with Gasteiger partial charge in [-0.1, -0.05) is 55.8 Å². The molecule has 174 valence electrons. The van der Waals surface area contributed by atoms with Gasteiger partial charge < -0.3 is 14.2 Å². The van der Waals surface area contributed by atoms with Crippen LogP contribution in [-0.2, 0) is 13.0 Å². The van der Waals surface area contributed by atoms with Crippen LogP contribution in [0.15, 0.2) is 66.7 Å². The molecule has 0 saturated carbocycles. The molecule has 5 rings (SSSR count). The van der Waals surface area contributed by atoms with Crippen LogP contribution in [0.25, 0.3) is 17.7 Å². The highest BCUT2D eigenvalue weighted by Gasteiger charge is 2.27. The topological polar surface area (TPSA) is 27.7 Å². The summed E-state index contributed by atoms with van der Waals surface area (Å²) in [7, 11) is 0. The molecular formula is C31H32O3. The quantitative estimate of drug-likeness (QED) is 0.367. The third kappa shape index (κ3) is 4.75. The molecule has 0 bridgehead atoms. The van der Waals surface area contributed by atoms with Crippen LogP contribution in [-0.4, -0.2) is 12.2 Å². The Morgan fingerprint density at radius 1 is 0.971 bits per heavy atom. The number of benzene rings is 3. The monoisotopic (exact) mass is 452 g/mol. The second-order valence-electron chi connectivity index (χ2n) is 9.60. The molecule has 0 unspecified atom stereocenters. The third-order valence-corrected chi connectivity index (χ3v) is 6.36. The zero-order valence-electron chi connectivity index (χ0n) is 20.3. The normalized spacial score (nSPS) is 15.4. The molecule has 0 aliphatic carbocycles. The van der Waals surface area contributed by atoms with Gasteiger partial charge in [0.05, 0.1) is 5.56 Å². The van der Waals surface area contributed by atoms with E-state index in [1.165, 1.54) is 18.4 Å². The molecule has 0 fully saturated rings. The Hall–Kier alpha value is -3.46. The van der Waals surface area contributed by atoms with Gasteiger partial charge >= 0.3 is 0 Å². The van der Waals surface area contributed by atoms with E-state index < -0.39 is 0 Å². The highest BCUT2D eigenvalue weighted by molar-refractivity contribution is 5.89. The highest BCUT2D eigenvalue weighted by atomic mass is 16.5. The number of rotatable bonds is 7. The van der Waals surface area contributed by atoms with Gasteiger partial charge in [0.25, 0.3) is 0 Å². The van der Waals surface area contributed by atoms with Crippen molar-refractivity contribution < 1.29 is 14.2 Å². The first-order valence-electron chi connectivity index (χ1n) is 12.2. The maximum atomic E-state index is 6.37. The number of unbranched alkanes of at least 4 members (excludes halogenated alkanes) is 1. The molecule has 0 saturated heterocycles. The summed E-state index contributed by atoms with van der Waals surface area (Å²) in [6, 6.07) is 21.1. The van der Waals surface area contributed by atoms with Crippen molar-refractivity contribution in [3.05, 3.63) is 94.6 Å². The number of hydrogen-bond donors (Lipinski definition) is 0. The maximum absolute atomic E-state index is 6.37. The summed E-state index contributed by atoms with van der Waals surface area (Å²) in [5.41, 5.74) is 6.46. The summed E-state index contributed by atoms with van der Waals surface area (Å²) < 4.78 is 18.8. The molecule has 0 aromatic heterocycles. The van der Waals surface area contributed by atoms with E-state index in [-0.39, 0.29) is 5.60 Å². The number of ether oxygens (including phenoxy) is 3. The lowest BCUT2D eigenvalue weighted by Gasteiger charge is -2.30. The van der Waals surface area contributed by atoms with E-state index in [1.54, 1.807) is 0 Å². The van der Waals surface area contributed by atoms with Crippen molar-refractivity contribution in [2.24, 2.45) is 0 Å². The predicted octanol–water partition coefficient (Wildman–Crippen LogP) is 7.73. The van der Waals surface area contributed by atoms with Gasteiger partial charge in [-0.2, -0.15) is 0 Å². The molecule has 0 N–H and O–H groups in total. The molecule has 34 heavy (non-hydrogen) atoms. The molecule has 3 heteroatoms. The second-order valence-corrected chi connectivity index (χ2v) is 9.60. The zero-order chi connectivity index (χ0) is 23.5. The number of hydrogen-bond acceptors (Lipinski definition) is 3. The average Bonchev–Trinajstić information content (AvgIpc) is 2.85. The van der Waals surface area contributed by atoms with Gasteiger partial charge in [0.15, 0.2) is 0 Å². The summed E-state index contributed by atoms with van der Waals surface area (Å²) >= 11 is 0. The van der Waals surface area contributed by atoms with E-state index in [2.05, 4.69) is 75.4 Å². The first-order valence-corrected chi connectivity index (χ1v) is 12.2. The summed E-state index contributed by atoms with van der Waals surface area (Å²) in [5, 5.41) is 0. The van der Waals surface area contributed by atoms with Crippen molar-refractivity contribution in [1.82, 2.24) is 0 Å². The summed E-state index contributed by atoms with van der Waals surface area (Å²) in [6.07, 6.45) is 9.84. The van der Waals surface area contributed by atoms with Crippen molar-refractivity contribution >= 4 is 17.7 Å². The summed E-state index contributed by atoms with van der Waals surface area (Å²) in [6.45, 7) is 7.39. The second kappa shape index (κ2) is 9.42. The number of fused-ring (bicyclic) bond motifs is 3. The Morgan fingerprint density at radius 2 is 1.82 bits per heavy atom. The molecule has 0 spiro atoms. The maximum Gasteiger partial charge on any atom is 0.137 e. The molecule has 0 amide bonds. The van der Waals surface area contributed by atoms with Gasteiger partial charge in [-0.3, -0.25) is 0 Å². The summed E-state index contributed by atoms with van der Waals surface area (Å²) in [4.78, 5) is 0. The van der Waals surface area contributed by atoms with Gasteiger partial charge in [-0.15, -0.1) is 0 Å². The minimum Gasteiger partial charge on any atom is -0.488 e. The van der Waals surface area contributed by atoms with Crippen molar-refractivity contribution in [3.63, 3.8) is 0 Å². The fourth-order valence-electron chi connectivity index (χ4n) is 4.48. The van der Waals surface area contributed by atoms with Crippen LogP contribution in [0, 0.1) is 0 Å². The molecule has 3 nitrogen and oxygen atoms in total. The molecular weight excluding hydrogens is 420 g/mol. The lowest BCUT2D eigenvalue weighted by atomic mass is 9.94.